The maximum absolute atomic E-state index is 5.85. The van der Waals surface area contributed by atoms with Crippen LogP contribution in [0.3, 0.4) is 0 Å². The SMILES string of the molecule is Cc1cc(N2C(=S)N[C@H](c3ccccn3)[C@@H]2c2cccn2-c2ccccc2)ccc1Br. The predicted molar refractivity (Wildman–Crippen MR) is 133 cm³/mol. The Kier molecular flexibility index (Phi) is 5.34. The van der Waals surface area contributed by atoms with Gasteiger partial charge in [-0.1, -0.05) is 40.2 Å². The number of halogens is 1. The molecule has 1 aliphatic heterocycles. The van der Waals surface area contributed by atoms with E-state index in [4.69, 9.17) is 12.2 Å². The number of nitrogens with zero attached hydrogens (tertiary/aromatic N) is 3. The molecule has 1 aliphatic rings. The van der Waals surface area contributed by atoms with Gasteiger partial charge in [0.05, 0.1) is 11.7 Å². The second-order valence-corrected chi connectivity index (χ2v) is 8.81. The fraction of sp³-hybridized carbons (Fsp3) is 0.120. The lowest BCUT2D eigenvalue weighted by molar-refractivity contribution is 0.549. The third kappa shape index (κ3) is 3.66. The highest BCUT2D eigenvalue weighted by atomic mass is 79.9. The van der Waals surface area contributed by atoms with Crippen molar-refractivity contribution in [2.75, 3.05) is 4.90 Å². The smallest absolute Gasteiger partial charge is 0.174 e. The third-order valence-corrected chi connectivity index (χ3v) is 6.84. The molecule has 3 heterocycles. The third-order valence-electron chi connectivity index (χ3n) is 5.64. The highest BCUT2D eigenvalue weighted by Gasteiger charge is 2.42. The first-order chi connectivity index (χ1) is 15.1. The van der Waals surface area contributed by atoms with Crippen LogP contribution in [-0.4, -0.2) is 14.7 Å². The number of thiocarbonyl (C=S) groups is 1. The molecule has 2 aromatic carbocycles. The summed E-state index contributed by atoms with van der Waals surface area (Å²) in [5, 5.41) is 4.24. The number of aromatic nitrogens is 2. The van der Waals surface area contributed by atoms with Crippen LogP contribution in [0.1, 0.15) is 29.0 Å². The Hall–Kier alpha value is -2.96. The summed E-state index contributed by atoms with van der Waals surface area (Å²) in [6, 6.07) is 26.9. The van der Waals surface area contributed by atoms with Crippen LogP contribution in [0.4, 0.5) is 5.69 Å². The van der Waals surface area contributed by atoms with E-state index in [0.717, 1.165) is 27.2 Å². The van der Waals surface area contributed by atoms with Gasteiger partial charge in [0.1, 0.15) is 6.04 Å². The summed E-state index contributed by atoms with van der Waals surface area (Å²) < 4.78 is 3.31. The van der Waals surface area contributed by atoms with Gasteiger partial charge in [0.2, 0.25) is 0 Å². The molecule has 154 valence electrons. The second kappa shape index (κ2) is 8.29. The van der Waals surface area contributed by atoms with Crippen LogP contribution in [-0.2, 0) is 0 Å². The summed E-state index contributed by atoms with van der Waals surface area (Å²) in [6.07, 6.45) is 3.94. The summed E-state index contributed by atoms with van der Waals surface area (Å²) >= 11 is 9.47. The van der Waals surface area contributed by atoms with Crippen LogP contribution < -0.4 is 10.2 Å². The predicted octanol–water partition coefficient (Wildman–Crippen LogP) is 6.12. The number of benzene rings is 2. The van der Waals surface area contributed by atoms with Gasteiger partial charge in [-0.3, -0.25) is 4.98 Å². The minimum Gasteiger partial charge on any atom is -0.351 e. The normalized spacial score (nSPS) is 18.3. The van der Waals surface area contributed by atoms with E-state index in [9.17, 15) is 0 Å². The molecule has 31 heavy (non-hydrogen) atoms. The molecule has 1 fully saturated rings. The standard InChI is InChI=1S/C25H21BrN4S/c1-17-16-19(12-13-20(17)26)30-24(23(28-25(30)31)21-10-5-6-14-27-21)22-11-7-15-29(22)18-8-3-2-4-9-18/h2-16,23-24H,1H3,(H,28,31)/t23-,24+/m1/s1. The van der Waals surface area contributed by atoms with E-state index in [1.54, 1.807) is 0 Å². The Balaban J connectivity index is 1.68. The Bertz CT molecular complexity index is 1220. The highest BCUT2D eigenvalue weighted by Crippen LogP contribution is 2.42. The molecule has 0 unspecified atom stereocenters. The zero-order valence-electron chi connectivity index (χ0n) is 16.9. The molecule has 5 rings (SSSR count). The van der Waals surface area contributed by atoms with Gasteiger partial charge in [-0.25, -0.2) is 0 Å². The first kappa shape index (κ1) is 20.0. The van der Waals surface area contributed by atoms with E-state index in [1.807, 2.05) is 24.4 Å². The van der Waals surface area contributed by atoms with Crippen LogP contribution in [0.25, 0.3) is 5.69 Å². The quantitative estimate of drug-likeness (QED) is 0.350. The van der Waals surface area contributed by atoms with Gasteiger partial charge in [-0.15, -0.1) is 0 Å². The van der Waals surface area contributed by atoms with Crippen LogP contribution in [0.2, 0.25) is 0 Å². The molecule has 2 atom stereocenters. The Morgan fingerprint density at radius 3 is 2.48 bits per heavy atom. The van der Waals surface area contributed by atoms with Gasteiger partial charge in [0.15, 0.2) is 5.11 Å². The molecular weight excluding hydrogens is 468 g/mol. The summed E-state index contributed by atoms with van der Waals surface area (Å²) in [7, 11) is 0. The van der Waals surface area contributed by atoms with Gasteiger partial charge in [0, 0.05) is 33.9 Å². The van der Waals surface area contributed by atoms with Crippen LogP contribution >= 0.6 is 28.1 Å². The van der Waals surface area contributed by atoms with Crippen LogP contribution in [0, 0.1) is 6.92 Å². The summed E-state index contributed by atoms with van der Waals surface area (Å²) in [6.45, 7) is 2.10. The van der Waals surface area contributed by atoms with Crippen molar-refractivity contribution in [1.29, 1.82) is 0 Å². The molecule has 4 nitrogen and oxygen atoms in total. The number of pyridine rings is 1. The van der Waals surface area contributed by atoms with Crippen molar-refractivity contribution >= 4 is 38.9 Å². The molecule has 0 bridgehead atoms. The minimum atomic E-state index is -0.0741. The lowest BCUT2D eigenvalue weighted by Crippen LogP contribution is -2.30. The number of hydrogen-bond acceptors (Lipinski definition) is 2. The van der Waals surface area contributed by atoms with Gasteiger partial charge in [-0.05, 0) is 79.3 Å². The van der Waals surface area contributed by atoms with Crippen molar-refractivity contribution in [1.82, 2.24) is 14.9 Å². The maximum atomic E-state index is 5.85. The lowest BCUT2D eigenvalue weighted by atomic mass is 10.0. The molecule has 1 saturated heterocycles. The lowest BCUT2D eigenvalue weighted by Gasteiger charge is -2.29. The fourth-order valence-corrected chi connectivity index (χ4v) is 4.76. The number of nitrogens with one attached hydrogen (secondary N) is 1. The number of hydrogen-bond donors (Lipinski definition) is 1. The number of aryl methyl sites for hydroxylation is 1. The molecule has 4 aromatic rings. The molecule has 0 spiro atoms. The highest BCUT2D eigenvalue weighted by molar-refractivity contribution is 9.10. The summed E-state index contributed by atoms with van der Waals surface area (Å²) in [4.78, 5) is 6.86. The van der Waals surface area contributed by atoms with E-state index < -0.39 is 0 Å². The molecule has 2 aromatic heterocycles. The molecule has 0 radical (unpaired) electrons. The zero-order valence-corrected chi connectivity index (χ0v) is 19.3. The number of rotatable bonds is 4. The van der Waals surface area contributed by atoms with Gasteiger partial charge in [0.25, 0.3) is 0 Å². The topological polar surface area (TPSA) is 33.1 Å². The number of anilines is 1. The first-order valence-electron chi connectivity index (χ1n) is 10.1. The summed E-state index contributed by atoms with van der Waals surface area (Å²) in [5.74, 6) is 0. The van der Waals surface area contributed by atoms with Crippen molar-refractivity contribution in [2.45, 2.75) is 19.0 Å². The number of para-hydroxylation sites is 1. The molecule has 0 aliphatic carbocycles. The van der Waals surface area contributed by atoms with Gasteiger partial charge in [-0.2, -0.15) is 0 Å². The van der Waals surface area contributed by atoms with E-state index in [-0.39, 0.29) is 12.1 Å². The Labute approximate surface area is 195 Å². The molecule has 0 saturated carbocycles. The molecular formula is C25H21BrN4S. The van der Waals surface area contributed by atoms with Gasteiger partial charge >= 0.3 is 0 Å². The largest absolute Gasteiger partial charge is 0.351 e. The van der Waals surface area contributed by atoms with Crippen molar-refractivity contribution in [3.63, 3.8) is 0 Å². The zero-order chi connectivity index (χ0) is 21.4. The van der Waals surface area contributed by atoms with Crippen LogP contribution in [0.15, 0.2) is 95.7 Å². The van der Waals surface area contributed by atoms with Crippen molar-refractivity contribution in [3.05, 3.63) is 113 Å². The first-order valence-corrected chi connectivity index (χ1v) is 11.3. The average molecular weight is 489 g/mol. The Morgan fingerprint density at radius 2 is 1.74 bits per heavy atom. The van der Waals surface area contributed by atoms with Crippen molar-refractivity contribution in [3.8, 4) is 5.69 Å². The summed E-state index contributed by atoms with van der Waals surface area (Å²) in [5.41, 5.74) is 5.45. The molecule has 0 amide bonds. The Morgan fingerprint density at radius 1 is 0.935 bits per heavy atom. The van der Waals surface area contributed by atoms with Crippen molar-refractivity contribution < 1.29 is 0 Å². The van der Waals surface area contributed by atoms with Gasteiger partial charge < -0.3 is 14.8 Å². The van der Waals surface area contributed by atoms with E-state index >= 15 is 0 Å². The fourth-order valence-electron chi connectivity index (χ4n) is 4.17. The van der Waals surface area contributed by atoms with Crippen LogP contribution in [0.5, 0.6) is 0 Å². The minimum absolute atomic E-state index is 0.0572. The maximum Gasteiger partial charge on any atom is 0.174 e. The van der Waals surface area contributed by atoms with E-state index in [2.05, 4.69) is 109 Å². The average Bonchev–Trinajstić information content (AvgIpc) is 3.41. The molecule has 1 N–H and O–H groups in total. The second-order valence-electron chi connectivity index (χ2n) is 7.57. The molecule has 6 heteroatoms. The van der Waals surface area contributed by atoms with Crippen molar-refractivity contribution in [2.24, 2.45) is 0 Å². The van der Waals surface area contributed by atoms with E-state index in [0.29, 0.717) is 5.11 Å². The monoisotopic (exact) mass is 488 g/mol. The van der Waals surface area contributed by atoms with E-state index in [1.165, 1.54) is 5.56 Å².